The Morgan fingerprint density at radius 2 is 0.859 bits per heavy atom. The van der Waals surface area contributed by atoms with Crippen molar-refractivity contribution in [2.75, 3.05) is 26.2 Å². The van der Waals surface area contributed by atoms with Crippen molar-refractivity contribution >= 4 is 59.3 Å². The fourth-order valence-electron chi connectivity index (χ4n) is 6.98. The number of amides is 7. The first-order chi connectivity index (χ1) is 33.8. The number of aromatic hydroxyl groups is 1. The van der Waals surface area contributed by atoms with Crippen LogP contribution in [0.15, 0.2) is 54.6 Å². The highest BCUT2D eigenvalue weighted by Gasteiger charge is 2.34. The Bertz CT molecular complexity index is 2080. The number of aliphatic carboxylic acids is 3. The molecule has 0 bridgehead atoms. The number of nitrogens with two attached hydrogens (primary N) is 4. The van der Waals surface area contributed by atoms with Gasteiger partial charge in [0.1, 0.15) is 42.0 Å². The van der Waals surface area contributed by atoms with E-state index >= 15 is 0 Å². The lowest BCUT2D eigenvalue weighted by Gasteiger charge is -2.27. The van der Waals surface area contributed by atoms with Gasteiger partial charge in [-0.15, -0.1) is 0 Å². The number of phenolic OH excluding ortho intramolecular Hbond substituents is 1. The van der Waals surface area contributed by atoms with Gasteiger partial charge in [-0.1, -0.05) is 42.5 Å². The van der Waals surface area contributed by atoms with Crippen LogP contribution in [0.4, 0.5) is 0 Å². The number of hydrogen-bond acceptors (Lipinski definition) is 15. The second-order valence-corrected chi connectivity index (χ2v) is 16.7. The molecule has 0 radical (unpaired) electrons. The van der Waals surface area contributed by atoms with Crippen LogP contribution in [0.3, 0.4) is 0 Å². The highest BCUT2D eigenvalue weighted by molar-refractivity contribution is 5.98. The van der Waals surface area contributed by atoms with Crippen LogP contribution in [0.1, 0.15) is 81.8 Å². The number of unbranched alkanes of at least 4 members (excludes halogenated alkanes) is 3. The van der Waals surface area contributed by atoms with Crippen molar-refractivity contribution in [3.8, 4) is 5.75 Å². The van der Waals surface area contributed by atoms with E-state index in [2.05, 4.69) is 37.2 Å². The van der Waals surface area contributed by atoms with Crippen LogP contribution in [0.5, 0.6) is 5.75 Å². The molecule has 0 aliphatic heterocycles. The van der Waals surface area contributed by atoms with Gasteiger partial charge in [0.2, 0.25) is 41.4 Å². The summed E-state index contributed by atoms with van der Waals surface area (Å²) in [6.07, 6.45) is -0.136. The largest absolute Gasteiger partial charge is 0.508 e. The molecule has 2 aromatic rings. The van der Waals surface area contributed by atoms with E-state index in [-0.39, 0.29) is 70.3 Å². The molecule has 0 saturated carbocycles. The molecular formula is C46H69N11O14. The number of carbonyl (C=O) groups is 10. The summed E-state index contributed by atoms with van der Waals surface area (Å²) in [5, 5.41) is 55.5. The summed E-state index contributed by atoms with van der Waals surface area (Å²) >= 11 is 0. The molecule has 0 saturated heterocycles. The molecule has 0 aliphatic carbocycles. The van der Waals surface area contributed by atoms with E-state index in [4.69, 9.17) is 28.0 Å². The maximum absolute atomic E-state index is 14.1. The van der Waals surface area contributed by atoms with E-state index in [1.165, 1.54) is 24.3 Å². The number of nitrogens with one attached hydrogen (secondary N) is 7. The normalized spacial score (nSPS) is 13.9. The predicted molar refractivity (Wildman–Crippen MR) is 255 cm³/mol. The number of carbonyl (C=O) groups excluding carboxylic acids is 7. The SMILES string of the molecule is NCCCC[C@H](NC(=O)[C@H](CCCCN)NC(=O)[C@H](CC(=O)O)NC(=O)[C@H](CCCCN)NC(=O)[C@@H](N)CC(=O)O)C(=O)N[C@@H](Cc1ccc(O)cc1)C(=O)NCC(=O)N[C@@H](Cc1ccccc1)C(=O)O. The van der Waals surface area contributed by atoms with Crippen LogP contribution < -0.4 is 60.2 Å². The standard InChI is InChI=1S/C46H69N11O14/c47-19-7-4-12-31(53-40(64)30(50)24-38(60)61)43(67)57-35(25-39(62)63)45(69)55-32(13-5-8-20-48)42(66)54-33(14-6-9-21-49)44(68)56-34(22-28-15-17-29(58)18-16-28)41(65)51-26-37(59)52-36(46(70)71)23-27-10-2-1-3-11-27/h1-3,10-11,15-18,30-36,58H,4-9,12-14,19-26,47-50H2,(H,51,65)(H,52,59)(H,53,64)(H,54,66)(H,55,69)(H,56,68)(H,57,67)(H,60,61)(H,62,63)(H,70,71)/t30-,31-,32-,33-,34-,35-,36-/m0/s1. The minimum atomic E-state index is -1.82. The molecule has 25 nitrogen and oxygen atoms in total. The number of rotatable bonds is 35. The third-order valence-corrected chi connectivity index (χ3v) is 10.8. The Hall–Kier alpha value is -7.22. The maximum atomic E-state index is 14.1. The topological polar surface area (TPSA) is 440 Å². The Labute approximate surface area is 410 Å². The summed E-state index contributed by atoms with van der Waals surface area (Å²) in [5.74, 6) is -11.0. The average Bonchev–Trinajstić information content (AvgIpc) is 3.32. The fraction of sp³-hybridized carbons (Fsp3) is 0.522. The number of phenols is 1. The Morgan fingerprint density at radius 3 is 1.31 bits per heavy atom. The Morgan fingerprint density at radius 1 is 0.451 bits per heavy atom. The van der Waals surface area contributed by atoms with Crippen LogP contribution in [0.25, 0.3) is 0 Å². The number of benzene rings is 2. The second-order valence-electron chi connectivity index (χ2n) is 16.7. The fourth-order valence-corrected chi connectivity index (χ4v) is 6.98. The minimum Gasteiger partial charge on any atom is -0.508 e. The lowest BCUT2D eigenvalue weighted by molar-refractivity contribution is -0.142. The smallest absolute Gasteiger partial charge is 0.326 e. The van der Waals surface area contributed by atoms with Gasteiger partial charge in [-0.05, 0) is 101 Å². The lowest BCUT2D eigenvalue weighted by atomic mass is 10.0. The highest BCUT2D eigenvalue weighted by atomic mass is 16.4. The summed E-state index contributed by atoms with van der Waals surface area (Å²) in [6, 6.07) is 3.85. The zero-order chi connectivity index (χ0) is 52.9. The van der Waals surface area contributed by atoms with Crippen molar-refractivity contribution in [3.05, 3.63) is 65.7 Å². The van der Waals surface area contributed by atoms with Crippen molar-refractivity contribution in [1.82, 2.24) is 37.2 Å². The van der Waals surface area contributed by atoms with Gasteiger partial charge in [-0.25, -0.2) is 4.79 Å². The summed E-state index contributed by atoms with van der Waals surface area (Å²) in [4.78, 5) is 130. The van der Waals surface area contributed by atoms with E-state index in [0.29, 0.717) is 36.8 Å². The number of carboxylic acids is 3. The van der Waals surface area contributed by atoms with Crippen LogP contribution in [0.2, 0.25) is 0 Å². The van der Waals surface area contributed by atoms with Crippen molar-refractivity contribution in [2.24, 2.45) is 22.9 Å². The first kappa shape index (κ1) is 59.9. The van der Waals surface area contributed by atoms with E-state index in [1.807, 2.05) is 0 Å². The predicted octanol–water partition coefficient (Wildman–Crippen LogP) is -3.05. The second kappa shape index (κ2) is 32.6. The van der Waals surface area contributed by atoms with Crippen molar-refractivity contribution < 1.29 is 68.4 Å². The quantitative estimate of drug-likeness (QED) is 0.0305. The molecular weight excluding hydrogens is 931 g/mol. The molecule has 392 valence electrons. The van der Waals surface area contributed by atoms with Crippen molar-refractivity contribution in [1.29, 1.82) is 0 Å². The third-order valence-electron chi connectivity index (χ3n) is 10.8. The minimum absolute atomic E-state index is 0.0305. The van der Waals surface area contributed by atoms with Crippen LogP contribution >= 0.6 is 0 Å². The van der Waals surface area contributed by atoms with E-state index in [9.17, 15) is 63.3 Å². The average molecular weight is 1000 g/mol. The molecule has 25 heteroatoms. The first-order valence-electron chi connectivity index (χ1n) is 23.2. The zero-order valence-corrected chi connectivity index (χ0v) is 39.4. The molecule has 7 amide bonds. The van der Waals surface area contributed by atoms with E-state index in [0.717, 1.165) is 0 Å². The van der Waals surface area contributed by atoms with E-state index in [1.54, 1.807) is 30.3 Å². The number of carboxylic acid groups (broad SMARTS) is 3. The first-order valence-corrected chi connectivity index (χ1v) is 23.2. The van der Waals surface area contributed by atoms with Crippen LogP contribution in [-0.4, -0.2) is 148 Å². The zero-order valence-electron chi connectivity index (χ0n) is 39.4. The van der Waals surface area contributed by atoms with Gasteiger partial charge in [-0.2, -0.15) is 0 Å². The third kappa shape index (κ3) is 23.8. The molecule has 2 aromatic carbocycles. The highest BCUT2D eigenvalue weighted by Crippen LogP contribution is 2.13. The van der Waals surface area contributed by atoms with Gasteiger partial charge >= 0.3 is 17.9 Å². The molecule has 0 spiro atoms. The molecule has 7 atom stereocenters. The van der Waals surface area contributed by atoms with Crippen molar-refractivity contribution in [2.45, 2.75) is 126 Å². The monoisotopic (exact) mass is 1000 g/mol. The summed E-state index contributed by atoms with van der Waals surface area (Å²) in [7, 11) is 0. The lowest BCUT2D eigenvalue weighted by Crippen LogP contribution is -2.60. The number of hydrogen-bond donors (Lipinski definition) is 15. The summed E-state index contributed by atoms with van der Waals surface area (Å²) < 4.78 is 0. The Balaban J connectivity index is 2.38. The molecule has 0 heterocycles. The Kier molecular flexibility index (Phi) is 27.5. The summed E-state index contributed by atoms with van der Waals surface area (Å²) in [5.41, 5.74) is 23.8. The van der Waals surface area contributed by atoms with Crippen LogP contribution in [-0.2, 0) is 60.8 Å². The maximum Gasteiger partial charge on any atom is 0.326 e. The molecule has 71 heavy (non-hydrogen) atoms. The van der Waals surface area contributed by atoms with Gasteiger partial charge in [0.25, 0.3) is 0 Å². The molecule has 0 aliphatic rings. The van der Waals surface area contributed by atoms with Gasteiger partial charge in [0.15, 0.2) is 0 Å². The van der Waals surface area contributed by atoms with Gasteiger partial charge in [0.05, 0.1) is 25.4 Å². The molecule has 0 unspecified atom stereocenters. The summed E-state index contributed by atoms with van der Waals surface area (Å²) in [6.45, 7) is -0.0606. The van der Waals surface area contributed by atoms with Gasteiger partial charge in [-0.3, -0.25) is 43.2 Å². The van der Waals surface area contributed by atoms with Crippen molar-refractivity contribution in [3.63, 3.8) is 0 Å². The molecule has 2 rings (SSSR count). The van der Waals surface area contributed by atoms with Crippen LogP contribution in [0, 0.1) is 0 Å². The van der Waals surface area contributed by atoms with E-state index < -0.39 is 121 Å². The molecule has 0 fully saturated rings. The van der Waals surface area contributed by atoms with Gasteiger partial charge in [0, 0.05) is 12.8 Å². The van der Waals surface area contributed by atoms with Gasteiger partial charge < -0.3 is 80.6 Å². The molecule has 19 N–H and O–H groups in total. The molecule has 0 aromatic heterocycles.